The van der Waals surface area contributed by atoms with Gasteiger partial charge in [0.1, 0.15) is 5.01 Å². The molecular formula is C15H21N3S. The first-order valence-electron chi connectivity index (χ1n) is 6.66. The Morgan fingerprint density at radius 3 is 2.79 bits per heavy atom. The summed E-state index contributed by atoms with van der Waals surface area (Å²) in [4.78, 5) is 10.1. The summed E-state index contributed by atoms with van der Waals surface area (Å²) in [7, 11) is 0. The van der Waals surface area contributed by atoms with Gasteiger partial charge in [-0.1, -0.05) is 13.8 Å². The predicted molar refractivity (Wildman–Crippen MR) is 81.4 cm³/mol. The van der Waals surface area contributed by atoms with Crippen molar-refractivity contribution in [2.24, 2.45) is 5.92 Å². The first-order valence-corrected chi connectivity index (χ1v) is 7.47. The van der Waals surface area contributed by atoms with E-state index >= 15 is 0 Å². The largest absolute Gasteiger partial charge is 0.312 e. The summed E-state index contributed by atoms with van der Waals surface area (Å²) in [6.45, 7) is 10.6. The minimum absolute atomic E-state index is 0.676. The number of hydrogen-bond donors (Lipinski definition) is 1. The molecule has 0 fully saturated rings. The summed E-state index contributed by atoms with van der Waals surface area (Å²) in [6.07, 6.45) is 3.72. The van der Waals surface area contributed by atoms with Gasteiger partial charge in [-0.3, -0.25) is 4.98 Å². The Bertz CT molecular complexity index is 546. The minimum atomic E-state index is 0.676. The smallest absolute Gasteiger partial charge is 0.124 e. The first-order chi connectivity index (χ1) is 9.08. The van der Waals surface area contributed by atoms with Gasteiger partial charge in [0.25, 0.3) is 0 Å². The summed E-state index contributed by atoms with van der Waals surface area (Å²) in [5.74, 6) is 0.676. The molecule has 0 amide bonds. The molecular weight excluding hydrogens is 254 g/mol. The van der Waals surface area contributed by atoms with Crippen LogP contribution in [-0.4, -0.2) is 16.5 Å². The third kappa shape index (κ3) is 3.61. The van der Waals surface area contributed by atoms with Crippen molar-refractivity contribution in [1.82, 2.24) is 15.3 Å². The summed E-state index contributed by atoms with van der Waals surface area (Å²) in [5.41, 5.74) is 3.50. The van der Waals surface area contributed by atoms with Gasteiger partial charge in [-0.25, -0.2) is 4.98 Å². The molecule has 0 aromatic carbocycles. The molecule has 0 bridgehead atoms. The molecule has 19 heavy (non-hydrogen) atoms. The Kier molecular flexibility index (Phi) is 4.66. The Labute approximate surface area is 119 Å². The van der Waals surface area contributed by atoms with Crippen molar-refractivity contribution in [3.8, 4) is 10.6 Å². The molecule has 0 saturated heterocycles. The normalized spacial score (nSPS) is 11.2. The van der Waals surface area contributed by atoms with Crippen LogP contribution in [0.1, 0.15) is 30.0 Å². The Balaban J connectivity index is 2.15. The van der Waals surface area contributed by atoms with Gasteiger partial charge in [-0.05, 0) is 37.9 Å². The van der Waals surface area contributed by atoms with E-state index in [1.165, 1.54) is 16.0 Å². The lowest BCUT2D eigenvalue weighted by molar-refractivity contribution is 0.554. The van der Waals surface area contributed by atoms with Crippen LogP contribution in [0.2, 0.25) is 0 Å². The van der Waals surface area contributed by atoms with Crippen molar-refractivity contribution < 1.29 is 0 Å². The van der Waals surface area contributed by atoms with Crippen molar-refractivity contribution in [3.63, 3.8) is 0 Å². The van der Waals surface area contributed by atoms with Gasteiger partial charge in [-0.15, -0.1) is 11.3 Å². The number of aryl methyl sites for hydroxylation is 2. The molecule has 0 saturated carbocycles. The summed E-state index contributed by atoms with van der Waals surface area (Å²) in [5, 5.41) is 4.58. The van der Waals surface area contributed by atoms with Crippen LogP contribution in [0.4, 0.5) is 0 Å². The number of aromatic nitrogens is 2. The number of pyridine rings is 1. The summed E-state index contributed by atoms with van der Waals surface area (Å²) >= 11 is 1.78. The second-order valence-corrected chi connectivity index (χ2v) is 6.33. The van der Waals surface area contributed by atoms with Crippen molar-refractivity contribution >= 4 is 11.3 Å². The van der Waals surface area contributed by atoms with Gasteiger partial charge in [0, 0.05) is 29.4 Å². The molecule has 0 aliphatic carbocycles. The van der Waals surface area contributed by atoms with Crippen molar-refractivity contribution in [2.75, 3.05) is 6.54 Å². The van der Waals surface area contributed by atoms with E-state index in [1.54, 1.807) is 11.3 Å². The van der Waals surface area contributed by atoms with Crippen molar-refractivity contribution in [1.29, 1.82) is 0 Å². The van der Waals surface area contributed by atoms with Gasteiger partial charge in [0.15, 0.2) is 0 Å². The highest BCUT2D eigenvalue weighted by molar-refractivity contribution is 7.15. The van der Waals surface area contributed by atoms with Gasteiger partial charge in [0.2, 0.25) is 0 Å². The SMILES string of the molecule is Cc1cnccc1-c1nc(C)c(CNCC(C)C)s1. The molecule has 2 heterocycles. The molecule has 1 N–H and O–H groups in total. The number of nitrogens with one attached hydrogen (secondary N) is 1. The van der Waals surface area contributed by atoms with Crippen LogP contribution in [0.5, 0.6) is 0 Å². The topological polar surface area (TPSA) is 37.8 Å². The molecule has 0 atom stereocenters. The van der Waals surface area contributed by atoms with Crippen LogP contribution >= 0.6 is 11.3 Å². The van der Waals surface area contributed by atoms with E-state index in [9.17, 15) is 0 Å². The van der Waals surface area contributed by atoms with Gasteiger partial charge in [0.05, 0.1) is 5.69 Å². The molecule has 0 spiro atoms. The number of nitrogens with zero attached hydrogens (tertiary/aromatic N) is 2. The first kappa shape index (κ1) is 14.2. The lowest BCUT2D eigenvalue weighted by atomic mass is 10.2. The fourth-order valence-electron chi connectivity index (χ4n) is 1.89. The second kappa shape index (κ2) is 6.26. The third-order valence-electron chi connectivity index (χ3n) is 2.98. The van der Waals surface area contributed by atoms with Crippen molar-refractivity contribution in [2.45, 2.75) is 34.2 Å². The highest BCUT2D eigenvalue weighted by Crippen LogP contribution is 2.29. The van der Waals surface area contributed by atoms with Crippen LogP contribution in [-0.2, 0) is 6.54 Å². The van der Waals surface area contributed by atoms with E-state index in [4.69, 9.17) is 4.98 Å². The molecule has 0 aliphatic rings. The highest BCUT2D eigenvalue weighted by atomic mass is 32.1. The van der Waals surface area contributed by atoms with Crippen LogP contribution in [0, 0.1) is 19.8 Å². The molecule has 0 aliphatic heterocycles. The van der Waals surface area contributed by atoms with Crippen LogP contribution in [0.15, 0.2) is 18.5 Å². The standard InChI is InChI=1S/C15H21N3S/c1-10(2)7-17-9-14-12(4)18-15(19-14)13-5-6-16-8-11(13)3/h5-6,8,10,17H,7,9H2,1-4H3. The van der Waals surface area contributed by atoms with E-state index in [0.29, 0.717) is 5.92 Å². The van der Waals surface area contributed by atoms with E-state index in [0.717, 1.165) is 23.8 Å². The number of hydrogen-bond acceptors (Lipinski definition) is 4. The molecule has 3 nitrogen and oxygen atoms in total. The van der Waals surface area contributed by atoms with E-state index in [1.807, 2.05) is 18.5 Å². The maximum atomic E-state index is 4.69. The quantitative estimate of drug-likeness (QED) is 0.906. The van der Waals surface area contributed by atoms with Crippen LogP contribution in [0.3, 0.4) is 0 Å². The van der Waals surface area contributed by atoms with Gasteiger partial charge in [-0.2, -0.15) is 0 Å². The molecule has 0 unspecified atom stereocenters. The zero-order chi connectivity index (χ0) is 13.8. The minimum Gasteiger partial charge on any atom is -0.312 e. The molecule has 2 aromatic heterocycles. The second-order valence-electron chi connectivity index (χ2n) is 5.24. The van der Waals surface area contributed by atoms with E-state index < -0.39 is 0 Å². The Hall–Kier alpha value is -1.26. The van der Waals surface area contributed by atoms with Gasteiger partial charge < -0.3 is 5.32 Å². The predicted octanol–water partition coefficient (Wildman–Crippen LogP) is 3.57. The highest BCUT2D eigenvalue weighted by Gasteiger charge is 2.11. The lowest BCUT2D eigenvalue weighted by Gasteiger charge is -2.05. The van der Waals surface area contributed by atoms with Gasteiger partial charge >= 0.3 is 0 Å². The number of rotatable bonds is 5. The number of thiazole rings is 1. The summed E-state index contributed by atoms with van der Waals surface area (Å²) < 4.78 is 0. The average molecular weight is 275 g/mol. The van der Waals surface area contributed by atoms with E-state index in [-0.39, 0.29) is 0 Å². The molecule has 0 radical (unpaired) electrons. The zero-order valence-electron chi connectivity index (χ0n) is 12.0. The van der Waals surface area contributed by atoms with Crippen LogP contribution in [0.25, 0.3) is 10.6 Å². The Morgan fingerprint density at radius 2 is 2.11 bits per heavy atom. The lowest BCUT2D eigenvalue weighted by Crippen LogP contribution is -2.18. The van der Waals surface area contributed by atoms with Crippen LogP contribution < -0.4 is 5.32 Å². The maximum Gasteiger partial charge on any atom is 0.124 e. The maximum absolute atomic E-state index is 4.69. The molecule has 102 valence electrons. The Morgan fingerprint density at radius 1 is 1.32 bits per heavy atom. The molecule has 4 heteroatoms. The van der Waals surface area contributed by atoms with Crippen molar-refractivity contribution in [3.05, 3.63) is 34.6 Å². The monoisotopic (exact) mass is 275 g/mol. The third-order valence-corrected chi connectivity index (χ3v) is 4.17. The average Bonchev–Trinajstić information content (AvgIpc) is 2.71. The fraction of sp³-hybridized carbons (Fsp3) is 0.467. The molecule has 2 rings (SSSR count). The zero-order valence-corrected chi connectivity index (χ0v) is 12.8. The fourth-order valence-corrected chi connectivity index (χ4v) is 3.02. The summed E-state index contributed by atoms with van der Waals surface area (Å²) in [6, 6.07) is 2.04. The molecule has 2 aromatic rings. The van der Waals surface area contributed by atoms with E-state index in [2.05, 4.69) is 38.0 Å².